The molecule has 0 aromatic heterocycles. The first-order chi connectivity index (χ1) is 10.5. The van der Waals surface area contributed by atoms with Crippen LogP contribution in [0.15, 0.2) is 29.4 Å². The van der Waals surface area contributed by atoms with Gasteiger partial charge in [-0.25, -0.2) is 5.43 Å². The van der Waals surface area contributed by atoms with Crippen molar-refractivity contribution in [1.82, 2.24) is 5.43 Å². The summed E-state index contributed by atoms with van der Waals surface area (Å²) >= 11 is 0. The predicted octanol–water partition coefficient (Wildman–Crippen LogP) is 2.87. The van der Waals surface area contributed by atoms with Crippen molar-refractivity contribution in [2.45, 2.75) is 32.6 Å². The molecule has 1 N–H and O–H groups in total. The van der Waals surface area contributed by atoms with Crippen LogP contribution in [-0.2, 0) is 4.79 Å². The highest BCUT2D eigenvalue weighted by Gasteiger charge is 2.64. The van der Waals surface area contributed by atoms with E-state index in [1.54, 1.807) is 12.1 Å². The normalized spacial score (nSPS) is 29.9. The van der Waals surface area contributed by atoms with Crippen LogP contribution in [0, 0.1) is 27.4 Å². The molecule has 0 bridgehead atoms. The summed E-state index contributed by atoms with van der Waals surface area (Å²) in [6, 6.07) is 6.15. The number of nitrogens with zero attached hydrogens (tertiary/aromatic N) is 2. The number of nitro groups is 1. The third kappa shape index (κ3) is 2.61. The molecule has 0 spiro atoms. The molecule has 0 aliphatic heterocycles. The molecule has 1 aromatic rings. The van der Waals surface area contributed by atoms with Crippen LogP contribution in [0.5, 0.6) is 0 Å². The Balaban J connectivity index is 1.60. The standard InChI is InChI=1S/C16H19N3O3/c1-16-8-3-2-7-13(16)14(16)15(20)18-17-10-11-5-4-6-12(9-11)19(21)22/h4-6,9-10,13-14H,2-3,7-8H2,1H3,(H,18,20)/b17-10-/t13-,14-,16-/m1/s1. The Bertz CT molecular complexity index is 643. The largest absolute Gasteiger partial charge is 0.273 e. The minimum Gasteiger partial charge on any atom is -0.273 e. The molecule has 0 unspecified atom stereocenters. The highest BCUT2D eigenvalue weighted by atomic mass is 16.6. The Labute approximate surface area is 128 Å². The maximum absolute atomic E-state index is 12.2. The average molecular weight is 301 g/mol. The van der Waals surface area contributed by atoms with Crippen LogP contribution in [0.4, 0.5) is 5.69 Å². The van der Waals surface area contributed by atoms with E-state index in [-0.39, 0.29) is 22.9 Å². The molecule has 116 valence electrons. The highest BCUT2D eigenvalue weighted by molar-refractivity contribution is 5.86. The van der Waals surface area contributed by atoms with Crippen molar-refractivity contribution in [1.29, 1.82) is 0 Å². The number of rotatable bonds is 4. The molecule has 2 saturated carbocycles. The van der Waals surface area contributed by atoms with Crippen molar-refractivity contribution in [2.24, 2.45) is 22.4 Å². The highest BCUT2D eigenvalue weighted by Crippen LogP contribution is 2.66. The Kier molecular flexibility index (Phi) is 3.68. The van der Waals surface area contributed by atoms with Gasteiger partial charge in [-0.05, 0) is 24.2 Å². The van der Waals surface area contributed by atoms with E-state index in [1.807, 2.05) is 0 Å². The van der Waals surface area contributed by atoms with Crippen molar-refractivity contribution in [3.05, 3.63) is 39.9 Å². The molecule has 0 heterocycles. The molecule has 6 heteroatoms. The summed E-state index contributed by atoms with van der Waals surface area (Å²) in [7, 11) is 0. The van der Waals surface area contributed by atoms with E-state index in [1.165, 1.54) is 31.2 Å². The van der Waals surface area contributed by atoms with E-state index in [9.17, 15) is 14.9 Å². The van der Waals surface area contributed by atoms with E-state index in [0.717, 1.165) is 12.8 Å². The molecular weight excluding hydrogens is 282 g/mol. The molecule has 2 aliphatic rings. The zero-order valence-corrected chi connectivity index (χ0v) is 12.5. The Morgan fingerprint density at radius 2 is 2.32 bits per heavy atom. The number of benzene rings is 1. The van der Waals surface area contributed by atoms with Crippen molar-refractivity contribution in [3.63, 3.8) is 0 Å². The van der Waals surface area contributed by atoms with Gasteiger partial charge in [0, 0.05) is 23.6 Å². The lowest BCUT2D eigenvalue weighted by Crippen LogP contribution is -2.22. The molecule has 3 rings (SSSR count). The van der Waals surface area contributed by atoms with E-state index in [0.29, 0.717) is 11.5 Å². The second kappa shape index (κ2) is 5.51. The first-order valence-corrected chi connectivity index (χ1v) is 7.60. The van der Waals surface area contributed by atoms with Crippen molar-refractivity contribution in [2.75, 3.05) is 0 Å². The summed E-state index contributed by atoms with van der Waals surface area (Å²) in [4.78, 5) is 22.5. The van der Waals surface area contributed by atoms with Gasteiger partial charge in [0.2, 0.25) is 5.91 Å². The molecule has 1 aromatic carbocycles. The van der Waals surface area contributed by atoms with Gasteiger partial charge >= 0.3 is 0 Å². The van der Waals surface area contributed by atoms with E-state index >= 15 is 0 Å². The summed E-state index contributed by atoms with van der Waals surface area (Å²) in [5.74, 6) is 0.530. The van der Waals surface area contributed by atoms with Crippen LogP contribution in [0.1, 0.15) is 38.2 Å². The molecule has 0 saturated heterocycles. The Hall–Kier alpha value is -2.24. The lowest BCUT2D eigenvalue weighted by Gasteiger charge is -2.15. The smallest absolute Gasteiger partial charge is 0.270 e. The topological polar surface area (TPSA) is 84.6 Å². The predicted molar refractivity (Wildman–Crippen MR) is 82.4 cm³/mol. The number of amides is 1. The van der Waals surface area contributed by atoms with Crippen LogP contribution < -0.4 is 5.43 Å². The lowest BCUT2D eigenvalue weighted by molar-refractivity contribution is -0.384. The fourth-order valence-corrected chi connectivity index (χ4v) is 3.81. The lowest BCUT2D eigenvalue weighted by atomic mass is 9.90. The summed E-state index contributed by atoms with van der Waals surface area (Å²) in [5.41, 5.74) is 3.34. The van der Waals surface area contributed by atoms with Crippen LogP contribution in [-0.4, -0.2) is 17.0 Å². The van der Waals surface area contributed by atoms with Crippen LogP contribution in [0.25, 0.3) is 0 Å². The second-order valence-corrected chi connectivity index (χ2v) is 6.42. The molecule has 2 aliphatic carbocycles. The average Bonchev–Trinajstić information content (AvgIpc) is 3.13. The second-order valence-electron chi connectivity index (χ2n) is 6.42. The van der Waals surface area contributed by atoms with Gasteiger partial charge in [0.25, 0.3) is 5.69 Å². The summed E-state index contributed by atoms with van der Waals surface area (Å²) in [6.45, 7) is 2.19. The molecule has 6 nitrogen and oxygen atoms in total. The number of non-ortho nitro benzene ring substituents is 1. The summed E-state index contributed by atoms with van der Waals surface area (Å²) in [5, 5.41) is 14.6. The van der Waals surface area contributed by atoms with Crippen molar-refractivity contribution < 1.29 is 9.72 Å². The molecule has 0 radical (unpaired) electrons. The molecule has 3 atom stereocenters. The zero-order chi connectivity index (χ0) is 15.7. The number of nitrogens with one attached hydrogen (secondary N) is 1. The number of nitro benzene ring substituents is 1. The summed E-state index contributed by atoms with van der Waals surface area (Å²) < 4.78 is 0. The zero-order valence-electron chi connectivity index (χ0n) is 12.5. The molecule has 2 fully saturated rings. The number of hydrogen-bond acceptors (Lipinski definition) is 4. The van der Waals surface area contributed by atoms with Gasteiger partial charge in [-0.2, -0.15) is 5.10 Å². The molecular formula is C16H19N3O3. The Morgan fingerprint density at radius 3 is 3.00 bits per heavy atom. The SMILES string of the molecule is C[C@@]12CCCC[C@@H]1[C@@H]2C(=O)N/N=C\c1cccc([N+](=O)[O-])c1. The summed E-state index contributed by atoms with van der Waals surface area (Å²) in [6.07, 6.45) is 6.10. The number of carbonyl (C=O) groups excluding carboxylic acids is 1. The van der Waals surface area contributed by atoms with Gasteiger partial charge in [-0.15, -0.1) is 0 Å². The quantitative estimate of drug-likeness (QED) is 0.527. The van der Waals surface area contributed by atoms with Crippen LogP contribution in [0.2, 0.25) is 0 Å². The van der Waals surface area contributed by atoms with Gasteiger partial charge in [0.1, 0.15) is 0 Å². The minimum atomic E-state index is -0.453. The third-order valence-electron chi connectivity index (χ3n) is 5.08. The van der Waals surface area contributed by atoms with Crippen LogP contribution >= 0.6 is 0 Å². The fourth-order valence-electron chi connectivity index (χ4n) is 3.81. The number of carbonyl (C=O) groups is 1. The van der Waals surface area contributed by atoms with E-state index < -0.39 is 4.92 Å². The first kappa shape index (κ1) is 14.7. The maximum Gasteiger partial charge on any atom is 0.270 e. The monoisotopic (exact) mass is 301 g/mol. The fraction of sp³-hybridized carbons (Fsp3) is 0.500. The van der Waals surface area contributed by atoms with Crippen LogP contribution in [0.3, 0.4) is 0 Å². The number of hydrazone groups is 1. The van der Waals surface area contributed by atoms with Crippen molar-refractivity contribution >= 4 is 17.8 Å². The van der Waals surface area contributed by atoms with Gasteiger partial charge in [0.15, 0.2) is 0 Å². The van der Waals surface area contributed by atoms with Gasteiger partial charge < -0.3 is 0 Å². The maximum atomic E-state index is 12.2. The third-order valence-corrected chi connectivity index (χ3v) is 5.08. The van der Waals surface area contributed by atoms with Crippen molar-refractivity contribution in [3.8, 4) is 0 Å². The molecule has 22 heavy (non-hydrogen) atoms. The van der Waals surface area contributed by atoms with Gasteiger partial charge in [-0.3, -0.25) is 14.9 Å². The van der Waals surface area contributed by atoms with E-state index in [2.05, 4.69) is 17.5 Å². The number of hydrogen-bond donors (Lipinski definition) is 1. The minimum absolute atomic E-state index is 0.0102. The molecule has 1 amide bonds. The first-order valence-electron chi connectivity index (χ1n) is 7.60. The number of fused-ring (bicyclic) bond motifs is 1. The van der Waals surface area contributed by atoms with E-state index in [4.69, 9.17) is 0 Å². The van der Waals surface area contributed by atoms with Gasteiger partial charge in [-0.1, -0.05) is 31.9 Å². The Morgan fingerprint density at radius 1 is 1.50 bits per heavy atom. The van der Waals surface area contributed by atoms with Gasteiger partial charge in [0.05, 0.1) is 11.1 Å².